The summed E-state index contributed by atoms with van der Waals surface area (Å²) < 4.78 is 5.79. The number of Topliss-reactive ketones (excluding diaryl/α,β-unsaturated/α-hetero) is 1. The number of hydrogen-bond acceptors (Lipinski definition) is 2. The first-order chi connectivity index (χ1) is 9.65. The number of carbonyl (C=O) groups excluding carboxylic acids is 1. The van der Waals surface area contributed by atoms with E-state index >= 15 is 0 Å². The van der Waals surface area contributed by atoms with E-state index in [0.717, 1.165) is 36.8 Å². The van der Waals surface area contributed by atoms with Crippen molar-refractivity contribution in [3.05, 3.63) is 23.3 Å². The van der Waals surface area contributed by atoms with E-state index in [0.29, 0.717) is 17.8 Å². The smallest absolute Gasteiger partial charge is 0.166 e. The largest absolute Gasteiger partial charge is 0.365 e. The molecule has 2 fully saturated rings. The maximum atomic E-state index is 12.8. The van der Waals surface area contributed by atoms with E-state index in [1.165, 1.54) is 24.8 Å². The van der Waals surface area contributed by atoms with Crippen LogP contribution in [0.15, 0.2) is 23.3 Å². The number of rotatable bonds is 6. The second-order valence-electron chi connectivity index (χ2n) is 6.71. The van der Waals surface area contributed by atoms with Crippen LogP contribution in [0.2, 0.25) is 0 Å². The van der Waals surface area contributed by atoms with Crippen LogP contribution in [0.3, 0.4) is 0 Å². The Bertz CT molecular complexity index is 460. The Balaban J connectivity index is 1.79. The topological polar surface area (TPSA) is 29.6 Å². The van der Waals surface area contributed by atoms with E-state index in [2.05, 4.69) is 13.5 Å². The molecule has 1 saturated carbocycles. The fourth-order valence-corrected chi connectivity index (χ4v) is 4.16. The maximum absolute atomic E-state index is 12.8. The molecule has 3 aliphatic rings. The summed E-state index contributed by atoms with van der Waals surface area (Å²) in [5.41, 5.74) is 3.53. The van der Waals surface area contributed by atoms with Crippen molar-refractivity contribution < 1.29 is 9.53 Å². The van der Waals surface area contributed by atoms with Gasteiger partial charge in [0, 0.05) is 5.92 Å². The summed E-state index contributed by atoms with van der Waals surface area (Å²) in [5, 5.41) is 0. The third-order valence-electron chi connectivity index (χ3n) is 5.19. The molecule has 4 atom stereocenters. The number of carbonyl (C=O) groups is 1. The number of allylic oxidation sites excluding steroid dienone is 2. The molecule has 2 unspecified atom stereocenters. The van der Waals surface area contributed by atoms with Crippen molar-refractivity contribution in [3.63, 3.8) is 0 Å². The van der Waals surface area contributed by atoms with Crippen LogP contribution in [0.4, 0.5) is 0 Å². The lowest BCUT2D eigenvalue weighted by Crippen LogP contribution is -2.23. The fraction of sp³-hybridized carbons (Fsp3) is 0.722. The van der Waals surface area contributed by atoms with Gasteiger partial charge in [-0.15, -0.1) is 0 Å². The van der Waals surface area contributed by atoms with Crippen LogP contribution in [-0.2, 0) is 9.53 Å². The average molecular weight is 274 g/mol. The highest BCUT2D eigenvalue weighted by Gasteiger charge is 2.55. The second kappa shape index (κ2) is 5.48. The molecule has 2 heteroatoms. The SMILES string of the molecule is C=C(C)C1C(=O)C(CCCCCC)=C2C1CC[C@H]1O[C@@H]21. The van der Waals surface area contributed by atoms with Gasteiger partial charge in [0.25, 0.3) is 0 Å². The van der Waals surface area contributed by atoms with Crippen LogP contribution in [0.1, 0.15) is 58.8 Å². The molecule has 0 spiro atoms. The number of epoxide rings is 1. The summed E-state index contributed by atoms with van der Waals surface area (Å²) in [6.45, 7) is 8.31. The van der Waals surface area contributed by atoms with Crippen LogP contribution < -0.4 is 0 Å². The lowest BCUT2D eigenvalue weighted by Gasteiger charge is -2.23. The van der Waals surface area contributed by atoms with Crippen LogP contribution in [0.25, 0.3) is 0 Å². The molecule has 0 aromatic heterocycles. The summed E-state index contributed by atoms with van der Waals surface area (Å²) in [4.78, 5) is 12.8. The molecule has 0 radical (unpaired) electrons. The molecule has 0 amide bonds. The normalized spacial score (nSPS) is 35.0. The van der Waals surface area contributed by atoms with Gasteiger partial charge in [-0.1, -0.05) is 38.3 Å². The van der Waals surface area contributed by atoms with E-state index in [4.69, 9.17) is 4.74 Å². The zero-order valence-corrected chi connectivity index (χ0v) is 12.8. The van der Waals surface area contributed by atoms with Crippen LogP contribution in [0, 0.1) is 11.8 Å². The molecule has 0 bridgehead atoms. The van der Waals surface area contributed by atoms with Gasteiger partial charge in [0.05, 0.1) is 6.10 Å². The number of hydrogen-bond donors (Lipinski definition) is 0. The Hall–Kier alpha value is -0.890. The highest BCUT2D eigenvalue weighted by molar-refractivity contribution is 6.03. The standard InChI is InChI=1S/C18H26O2/c1-4-5-6-7-8-13-16-12(9-10-14-18(16)20-14)15(11(2)3)17(13)19/h12,14-15,18H,2,4-10H2,1,3H3/t12?,14-,15?,18-/m1/s1. The van der Waals surface area contributed by atoms with Gasteiger partial charge in [-0.25, -0.2) is 0 Å². The summed E-state index contributed by atoms with van der Waals surface area (Å²) in [5.74, 6) is 0.825. The van der Waals surface area contributed by atoms with Gasteiger partial charge in [0.2, 0.25) is 0 Å². The summed E-state index contributed by atoms with van der Waals surface area (Å²) in [6, 6.07) is 0. The van der Waals surface area contributed by atoms with E-state index < -0.39 is 0 Å². The Labute approximate surface area is 122 Å². The number of unbranched alkanes of at least 4 members (excludes halogenated alkanes) is 3. The van der Waals surface area contributed by atoms with Crippen LogP contribution >= 0.6 is 0 Å². The van der Waals surface area contributed by atoms with Gasteiger partial charge in [-0.05, 0) is 49.7 Å². The zero-order valence-electron chi connectivity index (χ0n) is 12.8. The molecule has 2 aliphatic carbocycles. The molecular weight excluding hydrogens is 248 g/mol. The average Bonchev–Trinajstić information content (AvgIpc) is 3.13. The quantitative estimate of drug-likeness (QED) is 0.412. The van der Waals surface area contributed by atoms with Gasteiger partial charge in [-0.2, -0.15) is 0 Å². The zero-order chi connectivity index (χ0) is 14.3. The second-order valence-corrected chi connectivity index (χ2v) is 6.71. The lowest BCUT2D eigenvalue weighted by atomic mass is 9.78. The van der Waals surface area contributed by atoms with Crippen LogP contribution in [0.5, 0.6) is 0 Å². The Kier molecular flexibility index (Phi) is 3.85. The highest BCUT2D eigenvalue weighted by atomic mass is 16.6. The van der Waals surface area contributed by atoms with Gasteiger partial charge >= 0.3 is 0 Å². The van der Waals surface area contributed by atoms with Crippen molar-refractivity contribution in [1.29, 1.82) is 0 Å². The molecule has 2 nitrogen and oxygen atoms in total. The minimum Gasteiger partial charge on any atom is -0.365 e. The van der Waals surface area contributed by atoms with Crippen molar-refractivity contribution in [2.24, 2.45) is 11.8 Å². The van der Waals surface area contributed by atoms with Gasteiger partial charge in [0.1, 0.15) is 6.10 Å². The molecule has 0 aromatic rings. The molecule has 3 rings (SSSR count). The highest BCUT2D eigenvalue weighted by Crippen LogP contribution is 2.53. The third kappa shape index (κ3) is 2.28. The van der Waals surface area contributed by atoms with Crippen LogP contribution in [-0.4, -0.2) is 18.0 Å². The summed E-state index contributed by atoms with van der Waals surface area (Å²) in [7, 11) is 0. The van der Waals surface area contributed by atoms with E-state index in [1.54, 1.807) is 0 Å². The monoisotopic (exact) mass is 274 g/mol. The predicted molar refractivity (Wildman–Crippen MR) is 80.5 cm³/mol. The van der Waals surface area contributed by atoms with Gasteiger partial charge in [-0.3, -0.25) is 4.79 Å². The summed E-state index contributed by atoms with van der Waals surface area (Å²) in [6.07, 6.45) is 8.78. The molecule has 1 saturated heterocycles. The molecule has 20 heavy (non-hydrogen) atoms. The third-order valence-corrected chi connectivity index (χ3v) is 5.19. The number of ketones is 1. The predicted octanol–water partition coefficient (Wildman–Crippen LogP) is 4.21. The van der Waals surface area contributed by atoms with Gasteiger partial charge < -0.3 is 4.74 Å². The minimum absolute atomic E-state index is 0.0522. The number of ether oxygens (including phenoxy) is 1. The molecule has 0 N–H and O–H groups in total. The van der Waals surface area contributed by atoms with Crippen molar-refractivity contribution in [1.82, 2.24) is 0 Å². The Morgan fingerprint density at radius 2 is 2.10 bits per heavy atom. The van der Waals surface area contributed by atoms with Crippen molar-refractivity contribution in [2.45, 2.75) is 71.0 Å². The first-order valence-electron chi connectivity index (χ1n) is 8.23. The maximum Gasteiger partial charge on any atom is 0.166 e. The molecular formula is C18H26O2. The summed E-state index contributed by atoms with van der Waals surface area (Å²) >= 11 is 0. The van der Waals surface area contributed by atoms with E-state index in [-0.39, 0.29) is 12.0 Å². The van der Waals surface area contributed by atoms with E-state index in [1.807, 2.05) is 6.92 Å². The van der Waals surface area contributed by atoms with Crippen molar-refractivity contribution in [2.75, 3.05) is 0 Å². The van der Waals surface area contributed by atoms with Crippen molar-refractivity contribution >= 4 is 5.78 Å². The molecule has 110 valence electrons. The first-order valence-corrected chi connectivity index (χ1v) is 8.23. The minimum atomic E-state index is 0.0522. The van der Waals surface area contributed by atoms with E-state index in [9.17, 15) is 4.79 Å². The van der Waals surface area contributed by atoms with Gasteiger partial charge in [0.15, 0.2) is 5.78 Å². The molecule has 0 aromatic carbocycles. The fourth-order valence-electron chi connectivity index (χ4n) is 4.16. The lowest BCUT2D eigenvalue weighted by molar-refractivity contribution is -0.118. The molecule has 1 heterocycles. The number of fused-ring (bicyclic) bond motifs is 3. The first kappa shape index (κ1) is 14.1. The molecule has 1 aliphatic heterocycles. The Morgan fingerprint density at radius 1 is 1.30 bits per heavy atom. The Morgan fingerprint density at radius 3 is 2.80 bits per heavy atom. The van der Waals surface area contributed by atoms with Crippen molar-refractivity contribution in [3.8, 4) is 0 Å².